The van der Waals surface area contributed by atoms with E-state index in [4.69, 9.17) is 0 Å². The van der Waals surface area contributed by atoms with E-state index in [1.54, 1.807) is 30.3 Å². The minimum Gasteiger partial charge on any atom is -0.274 e. The van der Waals surface area contributed by atoms with Crippen molar-refractivity contribution < 1.29 is 14.4 Å². The van der Waals surface area contributed by atoms with Gasteiger partial charge in [-0.05, 0) is 12.1 Å². The van der Waals surface area contributed by atoms with Crippen LogP contribution in [-0.4, -0.2) is 29.8 Å². The molecule has 0 bridgehead atoms. The summed E-state index contributed by atoms with van der Waals surface area (Å²) in [4.78, 5) is 36.6. The number of urea groups is 1. The first kappa shape index (κ1) is 10.4. The Hall–Kier alpha value is -2.17. The van der Waals surface area contributed by atoms with Gasteiger partial charge in [0.2, 0.25) is 11.8 Å². The Kier molecular flexibility index (Phi) is 2.44. The second-order valence-corrected chi connectivity index (χ2v) is 3.48. The number of amides is 4. The van der Waals surface area contributed by atoms with Crippen LogP contribution in [0.15, 0.2) is 30.3 Å². The largest absolute Gasteiger partial charge is 0.337 e. The Balaban J connectivity index is 2.38. The first-order chi connectivity index (χ1) is 7.61. The minimum atomic E-state index is -0.604. The lowest BCUT2D eigenvalue weighted by Gasteiger charge is -2.30. The molecule has 1 aliphatic rings. The fourth-order valence-corrected chi connectivity index (χ4v) is 1.52. The second-order valence-electron chi connectivity index (χ2n) is 3.48. The molecule has 0 unspecified atom stereocenters. The van der Waals surface area contributed by atoms with Gasteiger partial charge in [-0.15, -0.1) is 0 Å². The number of hydrogen-bond acceptors (Lipinski definition) is 3. The monoisotopic (exact) mass is 218 g/mol. The van der Waals surface area contributed by atoms with E-state index in [1.165, 1.54) is 7.05 Å². The molecule has 1 aromatic rings. The number of imide groups is 2. The fourth-order valence-electron chi connectivity index (χ4n) is 1.52. The molecule has 5 heteroatoms. The molecule has 1 fully saturated rings. The molecule has 1 aromatic carbocycles. The van der Waals surface area contributed by atoms with Gasteiger partial charge in [-0.2, -0.15) is 0 Å². The summed E-state index contributed by atoms with van der Waals surface area (Å²) in [5.41, 5.74) is 0.483. The van der Waals surface area contributed by atoms with Crippen molar-refractivity contribution in [1.29, 1.82) is 0 Å². The highest BCUT2D eigenvalue weighted by Gasteiger charge is 2.36. The second kappa shape index (κ2) is 3.77. The van der Waals surface area contributed by atoms with E-state index < -0.39 is 17.8 Å². The van der Waals surface area contributed by atoms with Gasteiger partial charge in [0.15, 0.2) is 0 Å². The topological polar surface area (TPSA) is 57.7 Å². The van der Waals surface area contributed by atoms with Crippen LogP contribution in [0.5, 0.6) is 0 Å². The maximum absolute atomic E-state index is 11.8. The summed E-state index contributed by atoms with van der Waals surface area (Å²) in [5.74, 6) is -0.957. The molecule has 16 heavy (non-hydrogen) atoms. The molecular weight excluding hydrogens is 208 g/mol. The van der Waals surface area contributed by atoms with E-state index in [-0.39, 0.29) is 6.42 Å². The van der Waals surface area contributed by atoms with Crippen LogP contribution in [0.25, 0.3) is 0 Å². The average Bonchev–Trinajstić information content (AvgIpc) is 2.28. The summed E-state index contributed by atoms with van der Waals surface area (Å²) < 4.78 is 0. The Bertz CT molecular complexity index is 456. The van der Waals surface area contributed by atoms with Gasteiger partial charge < -0.3 is 0 Å². The summed E-state index contributed by atoms with van der Waals surface area (Å²) >= 11 is 0. The van der Waals surface area contributed by atoms with Crippen molar-refractivity contribution >= 4 is 23.5 Å². The zero-order valence-corrected chi connectivity index (χ0v) is 8.71. The third kappa shape index (κ3) is 1.56. The number of hydrogen-bond donors (Lipinski definition) is 0. The molecule has 1 saturated heterocycles. The van der Waals surface area contributed by atoms with Crippen molar-refractivity contribution in [2.45, 2.75) is 6.42 Å². The molecule has 0 saturated carbocycles. The molecule has 0 N–H and O–H groups in total. The Morgan fingerprint density at radius 3 is 2.25 bits per heavy atom. The van der Waals surface area contributed by atoms with Crippen molar-refractivity contribution in [1.82, 2.24) is 4.90 Å². The van der Waals surface area contributed by atoms with E-state index in [9.17, 15) is 14.4 Å². The smallest absolute Gasteiger partial charge is 0.274 e. The summed E-state index contributed by atoms with van der Waals surface area (Å²) in [6.07, 6.45) is -0.267. The van der Waals surface area contributed by atoms with Gasteiger partial charge in [0, 0.05) is 7.05 Å². The Labute approximate surface area is 92.3 Å². The predicted octanol–water partition coefficient (Wildman–Crippen LogP) is 1.00. The van der Waals surface area contributed by atoms with E-state index in [2.05, 4.69) is 0 Å². The van der Waals surface area contributed by atoms with Crippen LogP contribution < -0.4 is 4.90 Å². The van der Waals surface area contributed by atoms with Gasteiger partial charge in [0.25, 0.3) is 0 Å². The van der Waals surface area contributed by atoms with Gasteiger partial charge in [0.1, 0.15) is 6.42 Å². The third-order valence-electron chi connectivity index (χ3n) is 2.42. The zero-order valence-electron chi connectivity index (χ0n) is 8.71. The highest BCUT2D eigenvalue weighted by molar-refractivity contribution is 6.25. The number of para-hydroxylation sites is 1. The first-order valence-electron chi connectivity index (χ1n) is 4.80. The SMILES string of the molecule is CN1C(=O)CC(=O)N(c2ccccc2)C1=O. The summed E-state index contributed by atoms with van der Waals surface area (Å²) in [7, 11) is 1.37. The van der Waals surface area contributed by atoms with E-state index >= 15 is 0 Å². The number of carbonyl (C=O) groups excluding carboxylic acids is 3. The molecule has 0 aliphatic carbocycles. The lowest BCUT2D eigenvalue weighted by molar-refractivity contribution is -0.133. The van der Waals surface area contributed by atoms with Crippen molar-refractivity contribution in [2.24, 2.45) is 0 Å². The quantitative estimate of drug-likeness (QED) is 0.661. The van der Waals surface area contributed by atoms with E-state index in [0.29, 0.717) is 5.69 Å². The third-order valence-corrected chi connectivity index (χ3v) is 2.42. The van der Waals surface area contributed by atoms with Crippen LogP contribution >= 0.6 is 0 Å². The van der Waals surface area contributed by atoms with Crippen LogP contribution in [0.4, 0.5) is 10.5 Å². The van der Waals surface area contributed by atoms with E-state index in [1.807, 2.05) is 0 Å². The normalized spacial score (nSPS) is 16.9. The Morgan fingerprint density at radius 2 is 1.62 bits per heavy atom. The molecule has 0 aromatic heterocycles. The van der Waals surface area contributed by atoms with Crippen molar-refractivity contribution in [3.63, 3.8) is 0 Å². The minimum absolute atomic E-state index is 0.267. The van der Waals surface area contributed by atoms with Gasteiger partial charge >= 0.3 is 6.03 Å². The van der Waals surface area contributed by atoms with Crippen molar-refractivity contribution in [2.75, 3.05) is 11.9 Å². The molecule has 0 radical (unpaired) electrons. The molecule has 1 heterocycles. The van der Waals surface area contributed by atoms with Crippen molar-refractivity contribution in [3.8, 4) is 0 Å². The van der Waals surface area contributed by atoms with Gasteiger partial charge in [-0.1, -0.05) is 18.2 Å². The van der Waals surface area contributed by atoms with Crippen molar-refractivity contribution in [3.05, 3.63) is 30.3 Å². The zero-order chi connectivity index (χ0) is 11.7. The number of carbonyl (C=O) groups is 3. The highest BCUT2D eigenvalue weighted by Crippen LogP contribution is 2.20. The maximum Gasteiger partial charge on any atom is 0.337 e. The summed E-state index contributed by atoms with van der Waals surface area (Å²) in [5, 5.41) is 0. The molecule has 5 nitrogen and oxygen atoms in total. The lowest BCUT2D eigenvalue weighted by atomic mass is 10.2. The van der Waals surface area contributed by atoms with E-state index in [0.717, 1.165) is 9.80 Å². The maximum atomic E-state index is 11.8. The molecule has 4 amide bonds. The predicted molar refractivity (Wildman–Crippen MR) is 56.7 cm³/mol. The van der Waals surface area contributed by atoms with Gasteiger partial charge in [-0.3, -0.25) is 14.5 Å². The number of anilines is 1. The van der Waals surface area contributed by atoms with Crippen LogP contribution in [0, 0.1) is 0 Å². The number of benzene rings is 1. The van der Waals surface area contributed by atoms with Crippen LogP contribution in [-0.2, 0) is 9.59 Å². The molecule has 1 aliphatic heterocycles. The number of rotatable bonds is 1. The average molecular weight is 218 g/mol. The molecule has 0 spiro atoms. The lowest BCUT2D eigenvalue weighted by Crippen LogP contribution is -2.53. The first-order valence-corrected chi connectivity index (χ1v) is 4.80. The molecular formula is C11H10N2O3. The highest BCUT2D eigenvalue weighted by atomic mass is 16.2. The van der Waals surface area contributed by atoms with Crippen LogP contribution in [0.1, 0.15) is 6.42 Å². The fraction of sp³-hybridized carbons (Fsp3) is 0.182. The van der Waals surface area contributed by atoms with Crippen LogP contribution in [0.2, 0.25) is 0 Å². The number of barbiturate groups is 1. The molecule has 2 rings (SSSR count). The number of nitrogens with zero attached hydrogens (tertiary/aromatic N) is 2. The summed E-state index contributed by atoms with van der Waals surface area (Å²) in [6.45, 7) is 0. The molecule has 0 atom stereocenters. The Morgan fingerprint density at radius 1 is 1.00 bits per heavy atom. The standard InChI is InChI=1S/C11H10N2O3/c1-12-9(14)7-10(15)13(11(12)16)8-5-3-2-4-6-8/h2-6H,7H2,1H3. The van der Waals surface area contributed by atoms with Gasteiger partial charge in [-0.25, -0.2) is 9.69 Å². The summed E-state index contributed by atoms with van der Waals surface area (Å²) in [6, 6.07) is 7.95. The van der Waals surface area contributed by atoms with Crippen LogP contribution in [0.3, 0.4) is 0 Å². The van der Waals surface area contributed by atoms with Gasteiger partial charge in [0.05, 0.1) is 5.69 Å². The molecule has 82 valence electrons.